The number of nitrogens with one attached hydrogen (secondary N) is 2. The summed E-state index contributed by atoms with van der Waals surface area (Å²) in [7, 11) is 0. The lowest BCUT2D eigenvalue weighted by molar-refractivity contribution is -0.125. The van der Waals surface area contributed by atoms with Crippen LogP contribution in [0.5, 0.6) is 0 Å². The first-order chi connectivity index (χ1) is 9.63. The van der Waals surface area contributed by atoms with Gasteiger partial charge in [0.1, 0.15) is 0 Å². The Morgan fingerprint density at radius 3 is 2.80 bits per heavy atom. The molecule has 1 aromatic carbocycles. The Labute approximate surface area is 122 Å². The third-order valence-corrected chi connectivity index (χ3v) is 4.43. The van der Waals surface area contributed by atoms with Crippen molar-refractivity contribution < 1.29 is 4.79 Å². The smallest absolute Gasteiger partial charge is 0.231 e. The van der Waals surface area contributed by atoms with Crippen molar-refractivity contribution in [3.8, 4) is 0 Å². The molecule has 110 valence electrons. The molecule has 0 bridgehead atoms. The first kappa shape index (κ1) is 15.0. The summed E-state index contributed by atoms with van der Waals surface area (Å²) in [5.74, 6) is 0.188. The summed E-state index contributed by atoms with van der Waals surface area (Å²) in [5, 5.41) is 6.57. The fraction of sp³-hybridized carbons (Fsp3) is 0.588. The molecule has 1 aromatic rings. The number of hydrogen-bond donors (Lipinski definition) is 2. The Morgan fingerprint density at radius 2 is 2.20 bits per heavy atom. The lowest BCUT2D eigenvalue weighted by atomic mass is 9.81. The maximum atomic E-state index is 12.8. The quantitative estimate of drug-likeness (QED) is 0.865. The van der Waals surface area contributed by atoms with E-state index in [4.69, 9.17) is 0 Å². The van der Waals surface area contributed by atoms with Gasteiger partial charge in [-0.2, -0.15) is 0 Å². The van der Waals surface area contributed by atoms with Crippen LogP contribution in [0.15, 0.2) is 18.2 Å². The molecule has 2 rings (SSSR count). The van der Waals surface area contributed by atoms with Crippen molar-refractivity contribution in [2.24, 2.45) is 5.41 Å². The van der Waals surface area contributed by atoms with Gasteiger partial charge >= 0.3 is 0 Å². The van der Waals surface area contributed by atoms with Gasteiger partial charge in [0.05, 0.1) is 5.41 Å². The minimum Gasteiger partial charge on any atom is -0.325 e. The molecule has 2 N–H and O–H groups in total. The number of benzene rings is 1. The van der Waals surface area contributed by atoms with Crippen molar-refractivity contribution in [2.75, 3.05) is 18.4 Å². The standard InChI is InChI=1S/C17H26N2O/c1-4-9-17(10-11-18-12-17)16(20)19-15-13(3)7-6-8-14(15)5-2/h6-8,18H,4-5,9-12H2,1-3H3,(H,19,20). The molecule has 20 heavy (non-hydrogen) atoms. The average Bonchev–Trinajstić information content (AvgIpc) is 2.91. The monoisotopic (exact) mass is 274 g/mol. The first-order valence-electron chi connectivity index (χ1n) is 7.73. The van der Waals surface area contributed by atoms with Gasteiger partial charge in [-0.05, 0) is 43.9 Å². The van der Waals surface area contributed by atoms with E-state index in [9.17, 15) is 4.79 Å². The van der Waals surface area contributed by atoms with Crippen molar-refractivity contribution in [1.29, 1.82) is 0 Å². The van der Waals surface area contributed by atoms with Gasteiger partial charge in [-0.15, -0.1) is 0 Å². The summed E-state index contributed by atoms with van der Waals surface area (Å²) >= 11 is 0. The van der Waals surface area contributed by atoms with Gasteiger partial charge in [0, 0.05) is 12.2 Å². The minimum atomic E-state index is -0.220. The van der Waals surface area contributed by atoms with Crippen LogP contribution in [0, 0.1) is 12.3 Å². The average molecular weight is 274 g/mol. The Hall–Kier alpha value is -1.35. The van der Waals surface area contributed by atoms with E-state index in [2.05, 4.69) is 49.6 Å². The summed E-state index contributed by atoms with van der Waals surface area (Å²) in [6.45, 7) is 8.10. The molecule has 3 nitrogen and oxygen atoms in total. The van der Waals surface area contributed by atoms with Gasteiger partial charge in [0.15, 0.2) is 0 Å². The van der Waals surface area contributed by atoms with Gasteiger partial charge < -0.3 is 10.6 Å². The SMILES string of the molecule is CCCC1(C(=O)Nc2c(C)cccc2CC)CCNC1. The number of rotatable bonds is 5. The third kappa shape index (κ3) is 2.88. The second-order valence-corrected chi connectivity index (χ2v) is 5.87. The number of carbonyl (C=O) groups excluding carboxylic acids is 1. The largest absolute Gasteiger partial charge is 0.325 e. The molecule has 0 aliphatic carbocycles. The topological polar surface area (TPSA) is 41.1 Å². The van der Waals surface area contributed by atoms with Crippen molar-refractivity contribution >= 4 is 11.6 Å². The van der Waals surface area contributed by atoms with Crippen LogP contribution in [0.4, 0.5) is 5.69 Å². The maximum Gasteiger partial charge on any atom is 0.231 e. The van der Waals surface area contributed by atoms with Gasteiger partial charge in [0.25, 0.3) is 0 Å². The highest BCUT2D eigenvalue weighted by molar-refractivity contribution is 5.97. The second-order valence-electron chi connectivity index (χ2n) is 5.87. The highest BCUT2D eigenvalue weighted by Gasteiger charge is 2.40. The zero-order valence-corrected chi connectivity index (χ0v) is 12.9. The molecular formula is C17H26N2O. The van der Waals surface area contributed by atoms with Crippen LogP contribution in [-0.2, 0) is 11.2 Å². The molecule has 0 saturated carbocycles. The van der Waals surface area contributed by atoms with E-state index in [1.165, 1.54) is 5.56 Å². The Morgan fingerprint density at radius 1 is 1.40 bits per heavy atom. The van der Waals surface area contributed by atoms with E-state index in [-0.39, 0.29) is 11.3 Å². The summed E-state index contributed by atoms with van der Waals surface area (Å²) < 4.78 is 0. The van der Waals surface area contributed by atoms with Crippen LogP contribution >= 0.6 is 0 Å². The molecule has 0 aromatic heterocycles. The maximum absolute atomic E-state index is 12.8. The second kappa shape index (κ2) is 6.40. The predicted octanol–water partition coefficient (Wildman–Crippen LogP) is 3.28. The molecule has 1 aliphatic rings. The summed E-state index contributed by atoms with van der Waals surface area (Å²) in [4.78, 5) is 12.8. The fourth-order valence-corrected chi connectivity index (χ4v) is 3.19. The number of anilines is 1. The van der Waals surface area contributed by atoms with Crippen LogP contribution in [0.3, 0.4) is 0 Å². The summed E-state index contributed by atoms with van der Waals surface area (Å²) in [5.41, 5.74) is 3.16. The van der Waals surface area contributed by atoms with Crippen molar-refractivity contribution in [3.05, 3.63) is 29.3 Å². The van der Waals surface area contributed by atoms with E-state index in [1.807, 2.05) is 0 Å². The van der Waals surface area contributed by atoms with Crippen LogP contribution < -0.4 is 10.6 Å². The Balaban J connectivity index is 2.23. The molecule has 3 heteroatoms. The van der Waals surface area contributed by atoms with E-state index in [0.717, 1.165) is 50.0 Å². The highest BCUT2D eigenvalue weighted by atomic mass is 16.2. The van der Waals surface area contributed by atoms with Crippen molar-refractivity contribution in [3.63, 3.8) is 0 Å². The van der Waals surface area contributed by atoms with Crippen LogP contribution in [0.25, 0.3) is 0 Å². The van der Waals surface area contributed by atoms with E-state index < -0.39 is 0 Å². The van der Waals surface area contributed by atoms with Gasteiger partial charge in [-0.3, -0.25) is 4.79 Å². The number of aryl methyl sites for hydroxylation is 2. The minimum absolute atomic E-state index is 0.188. The molecule has 1 aliphatic heterocycles. The number of carbonyl (C=O) groups is 1. The summed E-state index contributed by atoms with van der Waals surface area (Å²) in [6.07, 6.45) is 3.89. The normalized spacial score (nSPS) is 21.9. The zero-order valence-electron chi connectivity index (χ0n) is 12.9. The Kier molecular flexibility index (Phi) is 4.81. The molecule has 1 amide bonds. The predicted molar refractivity (Wildman–Crippen MR) is 84.0 cm³/mol. The molecule has 1 atom stereocenters. The molecule has 1 fully saturated rings. The van der Waals surface area contributed by atoms with E-state index in [0.29, 0.717) is 0 Å². The van der Waals surface area contributed by atoms with Crippen LogP contribution in [0.1, 0.15) is 44.2 Å². The lowest BCUT2D eigenvalue weighted by Crippen LogP contribution is -2.38. The molecule has 1 unspecified atom stereocenters. The van der Waals surface area contributed by atoms with E-state index in [1.54, 1.807) is 0 Å². The molecule has 1 saturated heterocycles. The summed E-state index contributed by atoms with van der Waals surface area (Å²) in [6, 6.07) is 6.22. The van der Waals surface area contributed by atoms with Crippen molar-refractivity contribution in [1.82, 2.24) is 5.32 Å². The number of hydrogen-bond acceptors (Lipinski definition) is 2. The molecule has 0 radical (unpaired) electrons. The first-order valence-corrected chi connectivity index (χ1v) is 7.73. The number of para-hydroxylation sites is 1. The fourth-order valence-electron chi connectivity index (χ4n) is 3.19. The Bertz CT molecular complexity index is 476. The number of amides is 1. The van der Waals surface area contributed by atoms with Crippen LogP contribution in [-0.4, -0.2) is 19.0 Å². The third-order valence-electron chi connectivity index (χ3n) is 4.43. The zero-order chi connectivity index (χ0) is 14.6. The van der Waals surface area contributed by atoms with Crippen molar-refractivity contribution in [2.45, 2.75) is 46.5 Å². The highest BCUT2D eigenvalue weighted by Crippen LogP contribution is 2.33. The van der Waals surface area contributed by atoms with Gasteiger partial charge in [-0.1, -0.05) is 38.5 Å². The molecule has 0 spiro atoms. The molecular weight excluding hydrogens is 248 g/mol. The van der Waals surface area contributed by atoms with E-state index >= 15 is 0 Å². The molecule has 1 heterocycles. The van der Waals surface area contributed by atoms with Crippen LogP contribution in [0.2, 0.25) is 0 Å². The van der Waals surface area contributed by atoms with Gasteiger partial charge in [0.2, 0.25) is 5.91 Å². The van der Waals surface area contributed by atoms with Gasteiger partial charge in [-0.25, -0.2) is 0 Å². The lowest BCUT2D eigenvalue weighted by Gasteiger charge is -2.27.